The van der Waals surface area contributed by atoms with Crippen LogP contribution in [0.25, 0.3) is 0 Å². The predicted octanol–water partition coefficient (Wildman–Crippen LogP) is 5.05. The highest BCUT2D eigenvalue weighted by molar-refractivity contribution is 7.90. The number of ether oxygens (including phenoxy) is 2. The van der Waals surface area contributed by atoms with Crippen LogP contribution in [0.2, 0.25) is 5.02 Å². The summed E-state index contributed by atoms with van der Waals surface area (Å²) in [6.07, 6.45) is 1.06. The number of methoxy groups -OCH3 is 1. The van der Waals surface area contributed by atoms with Gasteiger partial charge in [0.1, 0.15) is 6.61 Å². The van der Waals surface area contributed by atoms with E-state index < -0.39 is 9.84 Å². The van der Waals surface area contributed by atoms with Crippen molar-refractivity contribution in [1.82, 2.24) is 4.90 Å². The molecule has 0 radical (unpaired) electrons. The van der Waals surface area contributed by atoms with Crippen LogP contribution in [0.5, 0.6) is 11.5 Å². The fourth-order valence-corrected chi connectivity index (χ4v) is 5.04. The number of carbonyl (C=O) groups excluding carboxylic acids is 1. The van der Waals surface area contributed by atoms with E-state index >= 15 is 0 Å². The second-order valence-corrected chi connectivity index (χ2v) is 10.5. The van der Waals surface area contributed by atoms with Gasteiger partial charge < -0.3 is 14.4 Å². The first-order valence-corrected chi connectivity index (χ1v) is 13.0. The molecule has 1 heterocycles. The second-order valence-electron chi connectivity index (χ2n) is 7.09. The van der Waals surface area contributed by atoms with Crippen LogP contribution in [-0.4, -0.2) is 39.1 Å². The monoisotopic (exact) mass is 493 g/mol. The van der Waals surface area contributed by atoms with Gasteiger partial charge >= 0.3 is 0 Å². The summed E-state index contributed by atoms with van der Waals surface area (Å²) in [4.78, 5) is 15.7. The SMILES string of the molecule is CCN(Cc1ccc(OCc2cccs2)c(OC)c1)C(=O)c1ccc(Cl)c(S(C)(=O)=O)c1. The largest absolute Gasteiger partial charge is 0.493 e. The first kappa shape index (κ1) is 24.1. The van der Waals surface area contributed by atoms with Crippen LogP contribution < -0.4 is 9.47 Å². The molecule has 9 heteroatoms. The highest BCUT2D eigenvalue weighted by atomic mass is 35.5. The Balaban J connectivity index is 1.78. The van der Waals surface area contributed by atoms with E-state index in [-0.39, 0.29) is 21.4 Å². The van der Waals surface area contributed by atoms with Crippen molar-refractivity contribution in [2.45, 2.75) is 25.0 Å². The molecule has 2 aromatic carbocycles. The lowest BCUT2D eigenvalue weighted by Gasteiger charge is -2.22. The maximum absolute atomic E-state index is 13.1. The molecule has 0 spiro atoms. The van der Waals surface area contributed by atoms with Crippen LogP contribution in [0, 0.1) is 0 Å². The van der Waals surface area contributed by atoms with E-state index in [2.05, 4.69) is 0 Å². The van der Waals surface area contributed by atoms with Crippen LogP contribution in [0.1, 0.15) is 27.7 Å². The van der Waals surface area contributed by atoms with E-state index in [9.17, 15) is 13.2 Å². The standard InChI is InChI=1S/C23H24ClNO5S2/c1-4-25(23(26)17-8-9-19(24)22(13-17)32(3,27)28)14-16-7-10-20(21(12-16)29-2)30-15-18-6-5-11-31-18/h5-13H,4,14-15H2,1-3H3. The molecule has 1 aromatic heterocycles. The van der Waals surface area contributed by atoms with Gasteiger partial charge in [-0.1, -0.05) is 23.7 Å². The van der Waals surface area contributed by atoms with Gasteiger partial charge in [-0.15, -0.1) is 11.3 Å². The first-order valence-electron chi connectivity index (χ1n) is 9.84. The van der Waals surface area contributed by atoms with Crippen molar-refractivity contribution in [2.24, 2.45) is 0 Å². The van der Waals surface area contributed by atoms with Gasteiger partial charge in [-0.2, -0.15) is 0 Å². The van der Waals surface area contributed by atoms with Crippen molar-refractivity contribution >= 4 is 38.7 Å². The summed E-state index contributed by atoms with van der Waals surface area (Å²) in [5.74, 6) is 0.911. The number of hydrogen-bond acceptors (Lipinski definition) is 6. The lowest BCUT2D eigenvalue weighted by atomic mass is 10.1. The Kier molecular flexibility index (Phi) is 7.82. The Labute approximate surface area is 197 Å². The molecule has 0 N–H and O–H groups in total. The number of thiophene rings is 1. The third kappa shape index (κ3) is 5.82. The van der Waals surface area contributed by atoms with Crippen molar-refractivity contribution < 1.29 is 22.7 Å². The summed E-state index contributed by atoms with van der Waals surface area (Å²) >= 11 is 7.62. The minimum Gasteiger partial charge on any atom is -0.493 e. The van der Waals surface area contributed by atoms with Gasteiger partial charge in [-0.05, 0) is 54.3 Å². The van der Waals surface area contributed by atoms with Crippen molar-refractivity contribution in [1.29, 1.82) is 0 Å². The zero-order valence-corrected chi connectivity index (χ0v) is 20.4. The predicted molar refractivity (Wildman–Crippen MR) is 127 cm³/mol. The zero-order valence-electron chi connectivity index (χ0n) is 18.0. The van der Waals surface area contributed by atoms with Gasteiger partial charge in [0.05, 0.1) is 17.0 Å². The summed E-state index contributed by atoms with van der Waals surface area (Å²) in [5, 5.41) is 2.09. The topological polar surface area (TPSA) is 72.9 Å². The Morgan fingerprint density at radius 2 is 1.91 bits per heavy atom. The average molecular weight is 494 g/mol. The van der Waals surface area contributed by atoms with E-state index in [1.807, 2.05) is 42.6 Å². The fourth-order valence-electron chi connectivity index (χ4n) is 3.12. The summed E-state index contributed by atoms with van der Waals surface area (Å²) in [5.41, 5.74) is 1.12. The maximum Gasteiger partial charge on any atom is 0.254 e. The average Bonchev–Trinajstić information content (AvgIpc) is 3.29. The molecule has 0 atom stereocenters. The number of amides is 1. The number of halogens is 1. The summed E-state index contributed by atoms with van der Waals surface area (Å²) in [7, 11) is -1.98. The Morgan fingerprint density at radius 1 is 1.12 bits per heavy atom. The Hall–Kier alpha value is -2.55. The van der Waals surface area contributed by atoms with Crippen LogP contribution in [0.3, 0.4) is 0 Å². The third-order valence-corrected chi connectivity index (χ3v) is 7.23. The van der Waals surface area contributed by atoms with Crippen LogP contribution in [0.4, 0.5) is 0 Å². The number of benzene rings is 2. The second kappa shape index (κ2) is 10.4. The van der Waals surface area contributed by atoms with E-state index in [0.29, 0.717) is 31.2 Å². The van der Waals surface area contributed by atoms with Gasteiger partial charge in [-0.3, -0.25) is 4.79 Å². The molecule has 0 bridgehead atoms. The quantitative estimate of drug-likeness (QED) is 0.417. The summed E-state index contributed by atoms with van der Waals surface area (Å²) in [6.45, 7) is 3.08. The number of hydrogen-bond donors (Lipinski definition) is 0. The smallest absolute Gasteiger partial charge is 0.254 e. The van der Waals surface area contributed by atoms with Crippen LogP contribution >= 0.6 is 22.9 Å². The molecule has 0 saturated carbocycles. The molecule has 0 aliphatic heterocycles. The highest BCUT2D eigenvalue weighted by Gasteiger charge is 2.20. The molecule has 3 rings (SSSR count). The number of nitrogens with zero attached hydrogens (tertiary/aromatic N) is 1. The van der Waals surface area contributed by atoms with Gasteiger partial charge in [0.2, 0.25) is 0 Å². The molecule has 6 nitrogen and oxygen atoms in total. The molecule has 32 heavy (non-hydrogen) atoms. The summed E-state index contributed by atoms with van der Waals surface area (Å²) in [6, 6.07) is 13.8. The number of rotatable bonds is 9. The van der Waals surface area contributed by atoms with Crippen molar-refractivity contribution in [2.75, 3.05) is 19.9 Å². The molecule has 0 aliphatic rings. The first-order chi connectivity index (χ1) is 15.2. The Bertz CT molecular complexity index is 1190. The minimum absolute atomic E-state index is 0.0602. The Morgan fingerprint density at radius 3 is 2.53 bits per heavy atom. The van der Waals surface area contributed by atoms with Gasteiger partial charge in [0, 0.05) is 29.8 Å². The minimum atomic E-state index is -3.55. The maximum atomic E-state index is 13.1. The van der Waals surface area contributed by atoms with Crippen molar-refractivity contribution in [3.8, 4) is 11.5 Å². The molecular weight excluding hydrogens is 470 g/mol. The molecular formula is C23H24ClNO5S2. The van der Waals surface area contributed by atoms with E-state index in [1.54, 1.807) is 23.3 Å². The molecule has 0 aliphatic carbocycles. The zero-order chi connectivity index (χ0) is 23.3. The molecule has 3 aromatic rings. The molecule has 0 unspecified atom stereocenters. The number of carbonyl (C=O) groups is 1. The van der Waals surface area contributed by atoms with Gasteiger partial charge in [-0.25, -0.2) is 8.42 Å². The lowest BCUT2D eigenvalue weighted by molar-refractivity contribution is 0.0752. The van der Waals surface area contributed by atoms with E-state index in [4.69, 9.17) is 21.1 Å². The normalized spacial score (nSPS) is 11.2. The third-order valence-electron chi connectivity index (χ3n) is 4.80. The highest BCUT2D eigenvalue weighted by Crippen LogP contribution is 2.30. The fraction of sp³-hybridized carbons (Fsp3) is 0.261. The molecule has 0 fully saturated rings. The van der Waals surface area contributed by atoms with Crippen molar-refractivity contribution in [3.05, 3.63) is 74.9 Å². The van der Waals surface area contributed by atoms with Gasteiger partial charge in [0.25, 0.3) is 5.91 Å². The van der Waals surface area contributed by atoms with E-state index in [1.165, 1.54) is 18.2 Å². The molecule has 0 saturated heterocycles. The lowest BCUT2D eigenvalue weighted by Crippen LogP contribution is -2.30. The molecule has 170 valence electrons. The van der Waals surface area contributed by atoms with Crippen LogP contribution in [0.15, 0.2) is 58.8 Å². The number of sulfone groups is 1. The van der Waals surface area contributed by atoms with E-state index in [0.717, 1.165) is 16.7 Å². The van der Waals surface area contributed by atoms with Gasteiger partial charge in [0.15, 0.2) is 21.3 Å². The van der Waals surface area contributed by atoms with Crippen LogP contribution in [-0.2, 0) is 23.0 Å². The summed E-state index contributed by atoms with van der Waals surface area (Å²) < 4.78 is 35.3. The molecule has 1 amide bonds. The van der Waals surface area contributed by atoms with Crippen molar-refractivity contribution in [3.63, 3.8) is 0 Å².